The summed E-state index contributed by atoms with van der Waals surface area (Å²) < 4.78 is 21.1. The third kappa shape index (κ3) is 4.24. The third-order valence-corrected chi connectivity index (χ3v) is 4.55. The molecule has 0 bridgehead atoms. The molecular weight excluding hydrogens is 306 g/mol. The summed E-state index contributed by atoms with van der Waals surface area (Å²) in [5.74, 6) is 0.224. The Bertz CT molecular complexity index is 810. The Morgan fingerprint density at radius 1 is 0.957 bits per heavy atom. The van der Waals surface area contributed by atoms with E-state index in [0.717, 1.165) is 18.5 Å². The Morgan fingerprint density at radius 2 is 1.70 bits per heavy atom. The zero-order valence-electron chi connectivity index (χ0n) is 12.8. The molecule has 0 radical (unpaired) electrons. The molecular formula is C19H18NO2S-. The van der Waals surface area contributed by atoms with Gasteiger partial charge in [0, 0.05) is 23.8 Å². The first-order valence-corrected chi connectivity index (χ1v) is 8.93. The fraction of sp³-hybridized carbons (Fsp3) is 0.211. The number of benzene rings is 2. The van der Waals surface area contributed by atoms with E-state index >= 15 is 0 Å². The minimum Gasteiger partial charge on any atom is -0.772 e. The summed E-state index contributed by atoms with van der Waals surface area (Å²) in [5.41, 5.74) is 3.47. The van der Waals surface area contributed by atoms with Gasteiger partial charge in [-0.3, -0.25) is 9.19 Å². The van der Waals surface area contributed by atoms with Crippen molar-refractivity contribution >= 4 is 21.9 Å². The molecule has 0 N–H and O–H groups in total. The van der Waals surface area contributed by atoms with Crippen LogP contribution < -0.4 is 0 Å². The van der Waals surface area contributed by atoms with E-state index in [1.807, 2.05) is 24.4 Å². The third-order valence-electron chi connectivity index (χ3n) is 3.93. The average molecular weight is 324 g/mol. The Morgan fingerprint density at radius 3 is 2.48 bits per heavy atom. The maximum absolute atomic E-state index is 10.5. The first-order valence-electron chi connectivity index (χ1n) is 7.69. The molecule has 118 valence electrons. The van der Waals surface area contributed by atoms with Gasteiger partial charge >= 0.3 is 0 Å². The monoisotopic (exact) mass is 324 g/mol. The van der Waals surface area contributed by atoms with Crippen molar-refractivity contribution in [3.05, 3.63) is 77.6 Å². The summed E-state index contributed by atoms with van der Waals surface area (Å²) >= 11 is -1.94. The fourth-order valence-corrected chi connectivity index (χ4v) is 3.11. The topological polar surface area (TPSA) is 53.0 Å². The van der Waals surface area contributed by atoms with Gasteiger partial charge in [-0.15, -0.1) is 0 Å². The van der Waals surface area contributed by atoms with E-state index in [9.17, 15) is 8.76 Å². The van der Waals surface area contributed by atoms with Crippen LogP contribution in [0.15, 0.2) is 60.8 Å². The van der Waals surface area contributed by atoms with E-state index in [1.165, 1.54) is 21.9 Å². The molecule has 23 heavy (non-hydrogen) atoms. The van der Waals surface area contributed by atoms with Gasteiger partial charge in [-0.05, 0) is 35.4 Å². The summed E-state index contributed by atoms with van der Waals surface area (Å²) in [4.78, 5) is 4.53. The van der Waals surface area contributed by atoms with Crippen molar-refractivity contribution in [3.63, 3.8) is 0 Å². The highest BCUT2D eigenvalue weighted by molar-refractivity contribution is 7.79. The molecule has 0 amide bonds. The zero-order valence-corrected chi connectivity index (χ0v) is 13.6. The number of aryl methyl sites for hydroxylation is 1. The highest BCUT2D eigenvalue weighted by Gasteiger charge is 2.03. The minimum absolute atomic E-state index is 0.224. The van der Waals surface area contributed by atoms with Gasteiger partial charge in [-0.1, -0.05) is 59.6 Å². The van der Waals surface area contributed by atoms with Gasteiger partial charge in [0.15, 0.2) is 0 Å². The van der Waals surface area contributed by atoms with Crippen molar-refractivity contribution < 1.29 is 8.76 Å². The molecule has 0 fully saturated rings. The maximum Gasteiger partial charge on any atom is 0.0525 e. The highest BCUT2D eigenvalue weighted by Crippen LogP contribution is 2.19. The molecule has 1 heterocycles. The van der Waals surface area contributed by atoms with Crippen LogP contribution in [0.4, 0.5) is 0 Å². The molecule has 0 aliphatic carbocycles. The van der Waals surface area contributed by atoms with Gasteiger partial charge < -0.3 is 4.55 Å². The van der Waals surface area contributed by atoms with Crippen LogP contribution in [-0.2, 0) is 23.9 Å². The van der Waals surface area contributed by atoms with Crippen molar-refractivity contribution in [3.8, 4) is 0 Å². The number of hydrogen-bond acceptors (Lipinski definition) is 3. The molecule has 1 aromatic heterocycles. The van der Waals surface area contributed by atoms with Crippen LogP contribution in [0.2, 0.25) is 0 Å². The van der Waals surface area contributed by atoms with Gasteiger partial charge in [-0.2, -0.15) is 0 Å². The molecule has 0 saturated carbocycles. The first kappa shape index (κ1) is 15.8. The van der Waals surface area contributed by atoms with Crippen molar-refractivity contribution in [1.82, 2.24) is 4.98 Å². The van der Waals surface area contributed by atoms with Crippen molar-refractivity contribution in [1.29, 1.82) is 0 Å². The van der Waals surface area contributed by atoms with E-state index < -0.39 is 11.1 Å². The Kier molecular flexibility index (Phi) is 5.16. The second kappa shape index (κ2) is 7.49. The number of hydrogen-bond donors (Lipinski definition) is 0. The predicted octanol–water partition coefficient (Wildman–Crippen LogP) is 3.64. The molecule has 3 aromatic rings. The van der Waals surface area contributed by atoms with E-state index in [4.69, 9.17) is 0 Å². The van der Waals surface area contributed by atoms with E-state index in [1.54, 1.807) is 0 Å². The molecule has 1 atom stereocenters. The largest absolute Gasteiger partial charge is 0.772 e. The molecule has 2 aromatic carbocycles. The lowest BCUT2D eigenvalue weighted by atomic mass is 10.0. The van der Waals surface area contributed by atoms with E-state index in [0.29, 0.717) is 6.42 Å². The number of pyridine rings is 1. The molecule has 0 aliphatic rings. The smallest absolute Gasteiger partial charge is 0.0525 e. The van der Waals surface area contributed by atoms with Crippen LogP contribution in [0.25, 0.3) is 10.8 Å². The van der Waals surface area contributed by atoms with Gasteiger partial charge in [0.25, 0.3) is 0 Å². The number of rotatable bonds is 6. The van der Waals surface area contributed by atoms with Crippen molar-refractivity contribution in [2.45, 2.75) is 19.3 Å². The Labute approximate surface area is 138 Å². The lowest BCUT2D eigenvalue weighted by Crippen LogP contribution is -1.98. The SMILES string of the molecule is O=S([O-])CCCc1ccc(Cc2nccc3ccccc23)cc1. The Hall–Kier alpha value is -2.04. The van der Waals surface area contributed by atoms with E-state index in [2.05, 4.69) is 41.4 Å². The van der Waals surface area contributed by atoms with Crippen LogP contribution in [0.3, 0.4) is 0 Å². The molecule has 0 aliphatic heterocycles. The van der Waals surface area contributed by atoms with Crippen LogP contribution in [0, 0.1) is 0 Å². The Balaban J connectivity index is 1.71. The maximum atomic E-state index is 10.5. The van der Waals surface area contributed by atoms with Crippen molar-refractivity contribution in [2.24, 2.45) is 0 Å². The molecule has 0 spiro atoms. The summed E-state index contributed by atoms with van der Waals surface area (Å²) in [6, 6.07) is 18.7. The summed E-state index contributed by atoms with van der Waals surface area (Å²) in [6.07, 6.45) is 4.11. The first-order chi connectivity index (χ1) is 11.2. The number of nitrogens with zero attached hydrogens (tertiary/aromatic N) is 1. The van der Waals surface area contributed by atoms with Crippen LogP contribution in [0.1, 0.15) is 23.2 Å². The van der Waals surface area contributed by atoms with Crippen LogP contribution >= 0.6 is 0 Å². The fourth-order valence-electron chi connectivity index (χ4n) is 2.73. The van der Waals surface area contributed by atoms with Crippen LogP contribution in [0.5, 0.6) is 0 Å². The summed E-state index contributed by atoms with van der Waals surface area (Å²) in [7, 11) is 0. The molecule has 3 nitrogen and oxygen atoms in total. The number of aromatic nitrogens is 1. The highest BCUT2D eigenvalue weighted by atomic mass is 32.2. The van der Waals surface area contributed by atoms with Gasteiger partial charge in [0.2, 0.25) is 0 Å². The molecule has 4 heteroatoms. The lowest BCUT2D eigenvalue weighted by Gasteiger charge is -2.08. The molecule has 3 rings (SSSR count). The zero-order chi connectivity index (χ0) is 16.1. The molecule has 1 unspecified atom stereocenters. The minimum atomic E-state index is -1.94. The lowest BCUT2D eigenvalue weighted by molar-refractivity contribution is 0.535. The van der Waals surface area contributed by atoms with Crippen molar-refractivity contribution in [2.75, 3.05) is 5.75 Å². The van der Waals surface area contributed by atoms with Crippen LogP contribution in [-0.4, -0.2) is 19.5 Å². The normalized spacial score (nSPS) is 12.4. The quantitative estimate of drug-likeness (QED) is 0.651. The standard InChI is InChI=1S/C19H19NO2S/c21-23(22)13-3-4-15-7-9-16(10-8-15)14-19-18-6-2-1-5-17(18)11-12-20-19/h1-2,5-12H,3-4,13-14H2,(H,21,22)/p-1. The van der Waals surface area contributed by atoms with Gasteiger partial charge in [0.05, 0.1) is 5.69 Å². The van der Waals surface area contributed by atoms with E-state index in [-0.39, 0.29) is 5.75 Å². The molecule has 0 saturated heterocycles. The summed E-state index contributed by atoms with van der Waals surface area (Å²) in [6.45, 7) is 0. The van der Waals surface area contributed by atoms with Gasteiger partial charge in [0.1, 0.15) is 0 Å². The summed E-state index contributed by atoms with van der Waals surface area (Å²) in [5, 5.41) is 2.40. The second-order valence-electron chi connectivity index (χ2n) is 5.58. The number of fused-ring (bicyclic) bond motifs is 1. The van der Waals surface area contributed by atoms with Gasteiger partial charge in [-0.25, -0.2) is 0 Å². The average Bonchev–Trinajstić information content (AvgIpc) is 2.56. The predicted molar refractivity (Wildman–Crippen MR) is 93.1 cm³/mol. The second-order valence-corrected chi connectivity index (χ2v) is 6.60.